The minimum atomic E-state index is 0.374. The summed E-state index contributed by atoms with van der Waals surface area (Å²) in [6, 6.07) is 19.8. The van der Waals surface area contributed by atoms with Crippen LogP contribution in [0.15, 0.2) is 60.7 Å². The molecule has 160 valence electrons. The number of piperazine rings is 1. The molecule has 6 nitrogen and oxygen atoms in total. The lowest BCUT2D eigenvalue weighted by molar-refractivity contribution is 0.647. The second-order valence-electron chi connectivity index (χ2n) is 7.12. The fourth-order valence-corrected chi connectivity index (χ4v) is 3.85. The van der Waals surface area contributed by atoms with Crippen molar-refractivity contribution in [3.05, 3.63) is 76.4 Å². The molecule has 4 rings (SSSR count). The van der Waals surface area contributed by atoms with Gasteiger partial charge in [-0.3, -0.25) is 0 Å². The number of nitrogens with one attached hydrogen (secondary N) is 2. The van der Waals surface area contributed by atoms with Gasteiger partial charge in [0.2, 0.25) is 5.95 Å². The average molecular weight is 473 g/mol. The van der Waals surface area contributed by atoms with Crippen molar-refractivity contribution >= 4 is 58.0 Å². The monoisotopic (exact) mass is 472 g/mol. The van der Waals surface area contributed by atoms with E-state index in [1.165, 1.54) is 5.69 Å². The summed E-state index contributed by atoms with van der Waals surface area (Å²) in [6.07, 6.45) is 0. The van der Waals surface area contributed by atoms with Crippen LogP contribution in [-0.4, -0.2) is 41.3 Å². The van der Waals surface area contributed by atoms with Gasteiger partial charge >= 0.3 is 0 Å². The lowest BCUT2D eigenvalue weighted by atomic mass is 10.2. The first-order chi connectivity index (χ1) is 15.1. The van der Waals surface area contributed by atoms with Crippen LogP contribution >= 0.6 is 35.4 Å². The van der Waals surface area contributed by atoms with Crippen LogP contribution in [0.1, 0.15) is 5.56 Å². The van der Waals surface area contributed by atoms with Gasteiger partial charge in [0.05, 0.1) is 0 Å². The molecule has 9 heteroatoms. The van der Waals surface area contributed by atoms with Crippen molar-refractivity contribution < 1.29 is 0 Å². The zero-order chi connectivity index (χ0) is 21.6. The van der Waals surface area contributed by atoms with Crippen molar-refractivity contribution in [3.8, 4) is 0 Å². The Hall–Kier alpha value is -2.61. The van der Waals surface area contributed by atoms with E-state index in [-0.39, 0.29) is 0 Å². The predicted molar refractivity (Wildman–Crippen MR) is 132 cm³/mol. The largest absolute Gasteiger partial charge is 0.368 e. The Kier molecular flexibility index (Phi) is 7.06. The maximum atomic E-state index is 6.26. The maximum Gasteiger partial charge on any atom is 0.232 e. The van der Waals surface area contributed by atoms with Gasteiger partial charge in [0, 0.05) is 49.5 Å². The van der Waals surface area contributed by atoms with E-state index in [1.54, 1.807) is 6.07 Å². The van der Waals surface area contributed by atoms with E-state index < -0.39 is 0 Å². The molecule has 0 radical (unpaired) electrons. The predicted octanol–water partition coefficient (Wildman–Crippen LogP) is 4.60. The van der Waals surface area contributed by atoms with Crippen LogP contribution < -0.4 is 20.4 Å². The van der Waals surface area contributed by atoms with Gasteiger partial charge in [-0.2, -0.15) is 4.98 Å². The lowest BCUT2D eigenvalue weighted by Crippen LogP contribution is -2.46. The van der Waals surface area contributed by atoms with E-state index in [9.17, 15) is 0 Å². The van der Waals surface area contributed by atoms with Crippen molar-refractivity contribution in [2.75, 3.05) is 41.3 Å². The topological polar surface area (TPSA) is 56.3 Å². The Balaban J connectivity index is 1.35. The number of benzene rings is 2. The number of aromatic nitrogens is 2. The molecular formula is C22H22Cl2N6S. The van der Waals surface area contributed by atoms with Crippen molar-refractivity contribution in [1.29, 1.82) is 0 Å². The molecule has 1 saturated heterocycles. The standard InChI is InChI=1S/C22H22Cl2N6S/c23-17-8-6-16(7-9-17)15-25-22(31)28-21-26-19(24)14-20(27-21)30-12-10-29(11-13-30)18-4-2-1-3-5-18/h1-9,14H,10-13,15H2,(H2,25,26,27,28,31). The van der Waals surface area contributed by atoms with Gasteiger partial charge in [0.25, 0.3) is 0 Å². The van der Waals surface area contributed by atoms with Gasteiger partial charge < -0.3 is 20.4 Å². The maximum absolute atomic E-state index is 6.26. The third-order valence-corrected chi connectivity index (χ3v) is 5.69. The highest BCUT2D eigenvalue weighted by Crippen LogP contribution is 2.22. The average Bonchev–Trinajstić information content (AvgIpc) is 2.79. The Morgan fingerprint density at radius 3 is 2.29 bits per heavy atom. The molecule has 0 aliphatic carbocycles. The van der Waals surface area contributed by atoms with Crippen molar-refractivity contribution in [3.63, 3.8) is 0 Å². The molecule has 0 unspecified atom stereocenters. The molecule has 1 aliphatic heterocycles. The van der Waals surface area contributed by atoms with Gasteiger partial charge in [0.15, 0.2) is 5.11 Å². The SMILES string of the molecule is S=C(NCc1ccc(Cl)cc1)Nc1nc(Cl)cc(N2CCN(c3ccccc3)CC2)n1. The molecule has 0 spiro atoms. The zero-order valence-electron chi connectivity index (χ0n) is 16.8. The van der Waals surface area contributed by atoms with Crippen LogP contribution in [-0.2, 0) is 6.54 Å². The molecule has 0 saturated carbocycles. The number of thiocarbonyl (C=S) groups is 1. The number of rotatable bonds is 5. The number of halogens is 2. The Morgan fingerprint density at radius 1 is 0.903 bits per heavy atom. The summed E-state index contributed by atoms with van der Waals surface area (Å²) in [6.45, 7) is 4.09. The van der Waals surface area contributed by atoms with Crippen molar-refractivity contribution in [1.82, 2.24) is 15.3 Å². The fourth-order valence-electron chi connectivity index (χ4n) is 3.39. The first-order valence-corrected chi connectivity index (χ1v) is 11.1. The van der Waals surface area contributed by atoms with Gasteiger partial charge in [-0.25, -0.2) is 4.98 Å². The number of hydrogen-bond donors (Lipinski definition) is 2. The van der Waals surface area contributed by atoms with Crippen molar-refractivity contribution in [2.24, 2.45) is 0 Å². The summed E-state index contributed by atoms with van der Waals surface area (Å²) in [5.74, 6) is 1.16. The van der Waals surface area contributed by atoms with E-state index in [2.05, 4.69) is 54.7 Å². The minimum absolute atomic E-state index is 0.374. The van der Waals surface area contributed by atoms with Crippen molar-refractivity contribution in [2.45, 2.75) is 6.54 Å². The van der Waals surface area contributed by atoms with Crippen LogP contribution in [0, 0.1) is 0 Å². The number of para-hydroxylation sites is 1. The molecule has 1 aromatic heterocycles. The summed E-state index contributed by atoms with van der Waals surface area (Å²) < 4.78 is 0. The van der Waals surface area contributed by atoms with Crippen LogP contribution in [0.2, 0.25) is 10.2 Å². The van der Waals surface area contributed by atoms with E-state index >= 15 is 0 Å². The molecule has 1 aliphatic rings. The van der Waals surface area contributed by atoms with E-state index in [0.29, 0.717) is 27.8 Å². The molecule has 0 atom stereocenters. The third kappa shape index (κ3) is 5.97. The number of anilines is 3. The van der Waals surface area contributed by atoms with Crippen LogP contribution in [0.4, 0.5) is 17.5 Å². The Bertz CT molecular complexity index is 1020. The lowest BCUT2D eigenvalue weighted by Gasteiger charge is -2.36. The minimum Gasteiger partial charge on any atom is -0.368 e. The van der Waals surface area contributed by atoms with Gasteiger partial charge in [-0.1, -0.05) is 53.5 Å². The molecule has 1 fully saturated rings. The highest BCUT2D eigenvalue weighted by atomic mass is 35.5. The highest BCUT2D eigenvalue weighted by Gasteiger charge is 2.19. The van der Waals surface area contributed by atoms with E-state index in [0.717, 1.165) is 37.6 Å². The molecule has 2 heterocycles. The number of nitrogens with zero attached hydrogens (tertiary/aromatic N) is 4. The molecule has 31 heavy (non-hydrogen) atoms. The number of hydrogen-bond acceptors (Lipinski definition) is 5. The summed E-state index contributed by atoms with van der Waals surface area (Å²) >= 11 is 17.6. The van der Waals surface area contributed by atoms with Gasteiger partial charge in [0.1, 0.15) is 11.0 Å². The fraction of sp³-hybridized carbons (Fsp3) is 0.227. The van der Waals surface area contributed by atoms with Gasteiger partial charge in [-0.15, -0.1) is 0 Å². The summed E-state index contributed by atoms with van der Waals surface area (Å²) in [5.41, 5.74) is 2.31. The second kappa shape index (κ2) is 10.1. The van der Waals surface area contributed by atoms with Crippen LogP contribution in [0.5, 0.6) is 0 Å². The second-order valence-corrected chi connectivity index (χ2v) is 8.35. The quantitative estimate of drug-likeness (QED) is 0.415. The van der Waals surface area contributed by atoms with Crippen LogP contribution in [0.3, 0.4) is 0 Å². The third-order valence-electron chi connectivity index (χ3n) is 5.00. The summed E-state index contributed by atoms with van der Waals surface area (Å²) in [7, 11) is 0. The molecule has 2 aromatic carbocycles. The zero-order valence-corrected chi connectivity index (χ0v) is 19.1. The molecule has 0 amide bonds. The van der Waals surface area contributed by atoms with E-state index in [4.69, 9.17) is 35.4 Å². The Morgan fingerprint density at radius 2 is 1.58 bits per heavy atom. The first-order valence-electron chi connectivity index (χ1n) is 9.96. The summed E-state index contributed by atoms with van der Waals surface area (Å²) in [5, 5.41) is 7.68. The summed E-state index contributed by atoms with van der Waals surface area (Å²) in [4.78, 5) is 13.5. The smallest absolute Gasteiger partial charge is 0.232 e. The Labute approximate surface area is 197 Å². The van der Waals surface area contributed by atoms with Crippen LogP contribution in [0.25, 0.3) is 0 Å². The molecule has 0 bridgehead atoms. The molecular weight excluding hydrogens is 451 g/mol. The highest BCUT2D eigenvalue weighted by molar-refractivity contribution is 7.80. The molecule has 2 N–H and O–H groups in total. The van der Waals surface area contributed by atoms with E-state index in [1.807, 2.05) is 30.3 Å². The van der Waals surface area contributed by atoms with Gasteiger partial charge in [-0.05, 0) is 42.0 Å². The molecule has 3 aromatic rings. The first kappa shape index (κ1) is 21.6. The normalized spacial score (nSPS) is 13.7.